The van der Waals surface area contributed by atoms with Crippen molar-refractivity contribution in [2.24, 2.45) is 4.40 Å². The molecule has 0 N–H and O–H groups in total. The molecule has 0 fully saturated rings. The number of hydrogen-bond donors (Lipinski definition) is 0. The van der Waals surface area contributed by atoms with Gasteiger partial charge in [-0.3, -0.25) is 4.57 Å². The van der Waals surface area contributed by atoms with Crippen LogP contribution >= 0.6 is 0 Å². The lowest BCUT2D eigenvalue weighted by Gasteiger charge is -2.19. The molecule has 0 amide bonds. The van der Waals surface area contributed by atoms with Gasteiger partial charge < -0.3 is 4.74 Å². The van der Waals surface area contributed by atoms with E-state index in [1.807, 2.05) is 13.0 Å². The van der Waals surface area contributed by atoms with E-state index in [1.54, 1.807) is 51.1 Å². The van der Waals surface area contributed by atoms with Crippen molar-refractivity contribution in [2.45, 2.75) is 38.2 Å². The van der Waals surface area contributed by atoms with E-state index >= 15 is 0 Å². The third-order valence-corrected chi connectivity index (χ3v) is 5.23. The Hall–Kier alpha value is -2.93. The Kier molecular flexibility index (Phi) is 5.12. The highest BCUT2D eigenvalue weighted by atomic mass is 32.2. The number of rotatable bonds is 3. The van der Waals surface area contributed by atoms with Gasteiger partial charge in [-0.25, -0.2) is 4.79 Å². The molecule has 1 heterocycles. The summed E-state index contributed by atoms with van der Waals surface area (Å²) in [5.41, 5.74) is 1.44. The van der Waals surface area contributed by atoms with E-state index in [9.17, 15) is 13.2 Å². The van der Waals surface area contributed by atoms with Gasteiger partial charge in [0.1, 0.15) is 5.60 Å². The monoisotopic (exact) mass is 398 g/mol. The summed E-state index contributed by atoms with van der Waals surface area (Å²) in [6.07, 6.45) is 2.26. The van der Waals surface area contributed by atoms with Crippen LogP contribution in [0.5, 0.6) is 0 Å². The normalized spacial score (nSPS) is 12.6. The molecule has 7 heteroatoms. The van der Waals surface area contributed by atoms with Gasteiger partial charge in [-0.15, -0.1) is 0 Å². The average molecular weight is 398 g/mol. The summed E-state index contributed by atoms with van der Waals surface area (Å²) in [5.74, 6) is 0. The largest absolute Gasteiger partial charge is 0.443 e. The maximum atomic E-state index is 12.5. The number of hydrogen-bond acceptors (Lipinski definition) is 4. The Labute approximate surface area is 164 Å². The SMILES string of the molecule is Cc1ccc(S(=O)(=O)/N=C/c2cn(C(=O)OC(C)(C)C)c3ccccc23)cc1. The Bertz CT molecular complexity index is 1150. The minimum Gasteiger partial charge on any atom is -0.443 e. The highest BCUT2D eigenvalue weighted by Crippen LogP contribution is 2.22. The van der Waals surface area contributed by atoms with Crippen LogP contribution in [0.2, 0.25) is 0 Å². The molecule has 0 saturated carbocycles. The lowest BCUT2D eigenvalue weighted by Crippen LogP contribution is -2.26. The van der Waals surface area contributed by atoms with Crippen LogP contribution in [0.1, 0.15) is 31.9 Å². The van der Waals surface area contributed by atoms with Crippen molar-refractivity contribution in [1.29, 1.82) is 0 Å². The number of nitrogens with zero attached hydrogens (tertiary/aromatic N) is 2. The first-order valence-corrected chi connectivity index (χ1v) is 10.2. The molecule has 0 bridgehead atoms. The first-order chi connectivity index (χ1) is 13.1. The van der Waals surface area contributed by atoms with Gasteiger partial charge in [0.25, 0.3) is 10.0 Å². The summed E-state index contributed by atoms with van der Waals surface area (Å²) in [6.45, 7) is 7.23. The lowest BCUT2D eigenvalue weighted by molar-refractivity contribution is 0.0544. The van der Waals surface area contributed by atoms with Gasteiger partial charge in [-0.05, 0) is 45.9 Å². The Balaban J connectivity index is 2.01. The Morgan fingerprint density at radius 1 is 1.07 bits per heavy atom. The summed E-state index contributed by atoms with van der Waals surface area (Å²) in [4.78, 5) is 12.6. The molecule has 0 aliphatic rings. The minimum absolute atomic E-state index is 0.116. The zero-order valence-electron chi connectivity index (χ0n) is 16.2. The molecule has 28 heavy (non-hydrogen) atoms. The number of aromatic nitrogens is 1. The number of aryl methyl sites for hydroxylation is 1. The second kappa shape index (κ2) is 7.24. The Morgan fingerprint density at radius 2 is 1.71 bits per heavy atom. The second-order valence-electron chi connectivity index (χ2n) is 7.47. The molecule has 146 valence electrons. The second-order valence-corrected chi connectivity index (χ2v) is 9.11. The molecule has 2 aromatic carbocycles. The van der Waals surface area contributed by atoms with Crippen molar-refractivity contribution < 1.29 is 17.9 Å². The highest BCUT2D eigenvalue weighted by molar-refractivity contribution is 7.90. The number of carbonyl (C=O) groups is 1. The van der Waals surface area contributed by atoms with Crippen molar-refractivity contribution >= 4 is 33.2 Å². The fourth-order valence-electron chi connectivity index (χ4n) is 2.67. The predicted octanol–water partition coefficient (Wildman–Crippen LogP) is 4.54. The van der Waals surface area contributed by atoms with Crippen molar-refractivity contribution in [3.05, 3.63) is 65.9 Å². The third-order valence-electron chi connectivity index (χ3n) is 3.98. The van der Waals surface area contributed by atoms with E-state index in [-0.39, 0.29) is 4.90 Å². The molecule has 6 nitrogen and oxygen atoms in total. The van der Waals surface area contributed by atoms with E-state index in [0.29, 0.717) is 16.5 Å². The summed E-state index contributed by atoms with van der Waals surface area (Å²) in [5, 5.41) is 0.705. The molecular formula is C21H22N2O4S. The molecule has 0 unspecified atom stereocenters. The van der Waals surface area contributed by atoms with Crippen molar-refractivity contribution in [3.63, 3.8) is 0 Å². The molecule has 0 radical (unpaired) electrons. The standard InChI is InChI=1S/C21H22N2O4S/c1-15-9-11-17(12-10-15)28(25,26)22-13-16-14-23(20(24)27-21(2,3)4)19-8-6-5-7-18(16)19/h5-14H,1-4H3/b22-13+. The third kappa shape index (κ3) is 4.31. The van der Waals surface area contributed by atoms with Crippen LogP contribution in [-0.2, 0) is 14.8 Å². The van der Waals surface area contributed by atoms with E-state index in [2.05, 4.69) is 4.40 Å². The van der Waals surface area contributed by atoms with Crippen LogP contribution in [0.3, 0.4) is 0 Å². The molecule has 0 aliphatic carbocycles. The van der Waals surface area contributed by atoms with E-state index < -0.39 is 21.7 Å². The molecular weight excluding hydrogens is 376 g/mol. The van der Waals surface area contributed by atoms with Crippen molar-refractivity contribution in [2.75, 3.05) is 0 Å². The molecule has 0 saturated heterocycles. The molecule has 1 aromatic heterocycles. The first kappa shape index (κ1) is 19.8. The molecule has 0 spiro atoms. The lowest BCUT2D eigenvalue weighted by atomic mass is 10.2. The summed E-state index contributed by atoms with van der Waals surface area (Å²) >= 11 is 0. The average Bonchev–Trinajstić information content (AvgIpc) is 2.98. The predicted molar refractivity (Wildman–Crippen MR) is 110 cm³/mol. The number of carbonyl (C=O) groups excluding carboxylic acids is 1. The number of ether oxygens (including phenoxy) is 1. The number of benzene rings is 2. The fraction of sp³-hybridized carbons (Fsp3) is 0.238. The minimum atomic E-state index is -3.84. The highest BCUT2D eigenvalue weighted by Gasteiger charge is 2.20. The van der Waals surface area contributed by atoms with Crippen LogP contribution in [0.15, 0.2) is 64.0 Å². The van der Waals surface area contributed by atoms with Crippen LogP contribution in [0.4, 0.5) is 4.79 Å². The maximum absolute atomic E-state index is 12.5. The molecule has 3 aromatic rings. The van der Waals surface area contributed by atoms with Crippen LogP contribution in [0.25, 0.3) is 10.9 Å². The van der Waals surface area contributed by atoms with Gasteiger partial charge in [0.2, 0.25) is 0 Å². The van der Waals surface area contributed by atoms with Crippen LogP contribution < -0.4 is 0 Å². The Morgan fingerprint density at radius 3 is 2.36 bits per heavy atom. The van der Waals surface area contributed by atoms with Crippen LogP contribution in [-0.4, -0.2) is 30.9 Å². The molecule has 0 atom stereocenters. The topological polar surface area (TPSA) is 77.7 Å². The molecule has 0 aliphatic heterocycles. The summed E-state index contributed by atoms with van der Waals surface area (Å²) < 4.78 is 35.6. The smallest absolute Gasteiger partial charge is 0.419 e. The van der Waals surface area contributed by atoms with Gasteiger partial charge in [0.15, 0.2) is 0 Å². The zero-order chi connectivity index (χ0) is 20.5. The first-order valence-electron chi connectivity index (χ1n) is 8.77. The van der Waals surface area contributed by atoms with Gasteiger partial charge in [0, 0.05) is 23.4 Å². The van der Waals surface area contributed by atoms with Gasteiger partial charge >= 0.3 is 6.09 Å². The van der Waals surface area contributed by atoms with E-state index in [4.69, 9.17) is 4.74 Å². The van der Waals surface area contributed by atoms with E-state index in [0.717, 1.165) is 5.56 Å². The number of para-hydroxylation sites is 1. The fourth-order valence-corrected chi connectivity index (χ4v) is 3.52. The number of sulfonamides is 1. The number of fused-ring (bicyclic) bond motifs is 1. The van der Waals surface area contributed by atoms with Gasteiger partial charge in [0.05, 0.1) is 10.4 Å². The molecule has 3 rings (SSSR count). The zero-order valence-corrected chi connectivity index (χ0v) is 17.0. The van der Waals surface area contributed by atoms with Crippen molar-refractivity contribution in [1.82, 2.24) is 4.57 Å². The maximum Gasteiger partial charge on any atom is 0.419 e. The van der Waals surface area contributed by atoms with Crippen LogP contribution in [0, 0.1) is 6.92 Å². The van der Waals surface area contributed by atoms with Gasteiger partial charge in [-0.2, -0.15) is 12.8 Å². The summed E-state index contributed by atoms with van der Waals surface area (Å²) in [6, 6.07) is 13.7. The van der Waals surface area contributed by atoms with E-state index in [1.165, 1.54) is 29.1 Å². The summed E-state index contributed by atoms with van der Waals surface area (Å²) in [7, 11) is -3.84. The quantitative estimate of drug-likeness (QED) is 0.607. The van der Waals surface area contributed by atoms with Gasteiger partial charge in [-0.1, -0.05) is 35.9 Å². The van der Waals surface area contributed by atoms with Crippen molar-refractivity contribution in [3.8, 4) is 0 Å².